The van der Waals surface area contributed by atoms with Gasteiger partial charge in [-0.1, -0.05) is 23.8 Å². The van der Waals surface area contributed by atoms with Crippen molar-refractivity contribution in [3.63, 3.8) is 0 Å². The number of epoxide rings is 1. The number of ether oxygens (including phenoxy) is 2. The number of rotatable bonds is 6. The van der Waals surface area contributed by atoms with Crippen LogP contribution >= 0.6 is 0 Å². The van der Waals surface area contributed by atoms with Gasteiger partial charge in [-0.2, -0.15) is 0 Å². The maximum atomic E-state index is 11.6. The smallest absolute Gasteiger partial charge is 0.411 e. The van der Waals surface area contributed by atoms with Crippen molar-refractivity contribution in [2.45, 2.75) is 45.3 Å². The van der Waals surface area contributed by atoms with Crippen molar-refractivity contribution >= 4 is 11.8 Å². The summed E-state index contributed by atoms with van der Waals surface area (Å²) in [6.45, 7) is 6.55. The molecule has 1 saturated heterocycles. The Kier molecular flexibility index (Phi) is 5.02. The molecule has 0 bridgehead atoms. The van der Waals surface area contributed by atoms with Crippen molar-refractivity contribution in [3.05, 3.63) is 42.0 Å². The van der Waals surface area contributed by atoms with Gasteiger partial charge in [-0.3, -0.25) is 5.32 Å². The summed E-state index contributed by atoms with van der Waals surface area (Å²) in [4.78, 5) is 11.6. The predicted octanol–water partition coefficient (Wildman–Crippen LogP) is 4.14. The van der Waals surface area contributed by atoms with Crippen molar-refractivity contribution in [3.8, 4) is 0 Å². The molecule has 0 aliphatic carbocycles. The van der Waals surface area contributed by atoms with Gasteiger partial charge in [-0.25, -0.2) is 4.79 Å². The predicted molar refractivity (Wildman–Crippen MR) is 83.4 cm³/mol. The number of hydrogen-bond donors (Lipinski definition) is 1. The summed E-state index contributed by atoms with van der Waals surface area (Å²) in [5.74, 6) is 0. The van der Waals surface area contributed by atoms with Crippen molar-refractivity contribution in [2.75, 3.05) is 11.9 Å². The number of nitrogens with one attached hydrogen (secondary N) is 1. The molecule has 114 valence electrons. The van der Waals surface area contributed by atoms with Gasteiger partial charge in [0.05, 0.1) is 11.7 Å². The quantitative estimate of drug-likeness (QED) is 0.632. The monoisotopic (exact) mass is 289 g/mol. The van der Waals surface area contributed by atoms with Crippen molar-refractivity contribution in [2.24, 2.45) is 0 Å². The molecule has 1 fully saturated rings. The summed E-state index contributed by atoms with van der Waals surface area (Å²) < 4.78 is 10.7. The third kappa shape index (κ3) is 5.23. The number of amides is 1. The Balaban J connectivity index is 1.63. The van der Waals surface area contributed by atoms with E-state index in [1.807, 2.05) is 43.3 Å². The number of hydrogen-bond acceptors (Lipinski definition) is 3. The summed E-state index contributed by atoms with van der Waals surface area (Å²) in [5.41, 5.74) is 2.00. The molecule has 1 aliphatic heterocycles. The minimum atomic E-state index is -0.433. The van der Waals surface area contributed by atoms with Crippen LogP contribution in [-0.4, -0.2) is 24.4 Å². The highest BCUT2D eigenvalue weighted by Gasteiger charge is 2.46. The van der Waals surface area contributed by atoms with Crippen LogP contribution in [0.1, 0.15) is 33.6 Å². The maximum absolute atomic E-state index is 11.6. The summed E-state index contributed by atoms with van der Waals surface area (Å²) in [6.07, 6.45) is 3.86. The Labute approximate surface area is 126 Å². The van der Waals surface area contributed by atoms with Gasteiger partial charge < -0.3 is 9.47 Å². The van der Waals surface area contributed by atoms with E-state index in [4.69, 9.17) is 9.47 Å². The summed E-state index contributed by atoms with van der Waals surface area (Å²) in [5, 5.41) is 2.68. The Bertz CT molecular complexity index is 508. The van der Waals surface area contributed by atoms with Crippen LogP contribution in [0.5, 0.6) is 0 Å². The summed E-state index contributed by atoms with van der Waals surface area (Å²) >= 11 is 0. The number of carbonyl (C=O) groups is 1. The molecule has 1 N–H and O–H groups in total. The number of anilines is 1. The van der Waals surface area contributed by atoms with Crippen molar-refractivity contribution < 1.29 is 14.3 Å². The lowest BCUT2D eigenvalue weighted by molar-refractivity contribution is 0.174. The summed E-state index contributed by atoms with van der Waals surface area (Å²) in [6, 6.07) is 9.26. The fourth-order valence-electron chi connectivity index (χ4n) is 2.14. The normalized spacial score (nSPS) is 20.0. The average molecular weight is 289 g/mol. The molecule has 4 heteroatoms. The molecular weight excluding hydrogens is 266 g/mol. The first-order chi connectivity index (χ1) is 9.97. The molecule has 1 aromatic rings. The Morgan fingerprint density at radius 2 is 2.05 bits per heavy atom. The van der Waals surface area contributed by atoms with Crippen LogP contribution in [0.25, 0.3) is 0 Å². The minimum Gasteiger partial charge on any atom is -0.445 e. The Hall–Kier alpha value is -1.81. The first-order valence-corrected chi connectivity index (χ1v) is 7.29. The molecule has 0 saturated carbocycles. The van der Waals surface area contributed by atoms with E-state index in [0.29, 0.717) is 12.7 Å². The second-order valence-electron chi connectivity index (χ2n) is 5.89. The first kappa shape index (κ1) is 15.6. The van der Waals surface area contributed by atoms with E-state index in [2.05, 4.69) is 19.2 Å². The zero-order valence-electron chi connectivity index (χ0n) is 12.9. The summed E-state index contributed by atoms with van der Waals surface area (Å²) in [7, 11) is 0. The second kappa shape index (κ2) is 6.76. The topological polar surface area (TPSA) is 50.9 Å². The molecule has 0 radical (unpaired) electrons. The highest BCUT2D eigenvalue weighted by Crippen LogP contribution is 2.38. The Morgan fingerprint density at radius 3 is 2.67 bits per heavy atom. The van der Waals surface area contributed by atoms with E-state index in [1.165, 1.54) is 5.57 Å². The lowest BCUT2D eigenvalue weighted by Crippen LogP contribution is -2.13. The van der Waals surface area contributed by atoms with Gasteiger partial charge in [0, 0.05) is 5.69 Å². The first-order valence-electron chi connectivity index (χ1n) is 7.29. The molecule has 0 aromatic heterocycles. The van der Waals surface area contributed by atoms with Crippen LogP contribution in [0.15, 0.2) is 42.0 Å². The SMILES string of the molecule is C/C(=C\COC(=O)Nc1ccccc1)CC[C@@H]1OC1(C)C. The fraction of sp³-hybridized carbons (Fsp3) is 0.471. The lowest BCUT2D eigenvalue weighted by atomic mass is 10.0. The molecule has 21 heavy (non-hydrogen) atoms. The Morgan fingerprint density at radius 1 is 1.38 bits per heavy atom. The third-order valence-electron chi connectivity index (χ3n) is 3.63. The van der Waals surface area contributed by atoms with E-state index < -0.39 is 6.09 Å². The molecule has 1 amide bonds. The highest BCUT2D eigenvalue weighted by molar-refractivity contribution is 5.84. The van der Waals surface area contributed by atoms with Crippen LogP contribution in [0.2, 0.25) is 0 Å². The van der Waals surface area contributed by atoms with Gasteiger partial charge in [0.25, 0.3) is 0 Å². The zero-order valence-corrected chi connectivity index (χ0v) is 12.9. The average Bonchev–Trinajstić information content (AvgIpc) is 3.05. The van der Waals surface area contributed by atoms with E-state index in [1.54, 1.807) is 0 Å². The highest BCUT2D eigenvalue weighted by atomic mass is 16.6. The molecular formula is C17H23NO3. The minimum absolute atomic E-state index is 0.0480. The van der Waals surface area contributed by atoms with E-state index in [0.717, 1.165) is 18.5 Å². The van der Waals surface area contributed by atoms with E-state index in [9.17, 15) is 4.79 Å². The van der Waals surface area contributed by atoms with Crippen molar-refractivity contribution in [1.29, 1.82) is 0 Å². The number of para-hydroxylation sites is 1. The molecule has 1 aromatic carbocycles. The van der Waals surface area contributed by atoms with Crippen LogP contribution in [-0.2, 0) is 9.47 Å². The zero-order chi connectivity index (χ0) is 15.3. The number of allylic oxidation sites excluding steroid dienone is 1. The molecule has 2 rings (SSSR count). The second-order valence-corrected chi connectivity index (χ2v) is 5.89. The van der Waals surface area contributed by atoms with Crippen LogP contribution < -0.4 is 5.32 Å². The van der Waals surface area contributed by atoms with E-state index in [-0.39, 0.29) is 5.60 Å². The maximum Gasteiger partial charge on any atom is 0.411 e. The fourth-order valence-corrected chi connectivity index (χ4v) is 2.14. The molecule has 4 nitrogen and oxygen atoms in total. The van der Waals surface area contributed by atoms with Gasteiger partial charge in [-0.15, -0.1) is 0 Å². The van der Waals surface area contributed by atoms with Gasteiger partial charge in [-0.05, 0) is 51.8 Å². The molecule has 1 heterocycles. The van der Waals surface area contributed by atoms with Crippen LogP contribution in [0.4, 0.5) is 10.5 Å². The number of carbonyl (C=O) groups excluding carboxylic acids is 1. The van der Waals surface area contributed by atoms with Gasteiger partial charge in [0.2, 0.25) is 0 Å². The number of benzene rings is 1. The lowest BCUT2D eigenvalue weighted by Gasteiger charge is -2.05. The van der Waals surface area contributed by atoms with Crippen LogP contribution in [0, 0.1) is 0 Å². The van der Waals surface area contributed by atoms with E-state index >= 15 is 0 Å². The standard InChI is InChI=1S/C17H23NO3/c1-13(9-10-15-17(2,3)21-15)11-12-20-16(19)18-14-7-5-4-6-8-14/h4-8,11,15H,9-10,12H2,1-3H3,(H,18,19)/b13-11+/t15-/m0/s1. The third-order valence-corrected chi connectivity index (χ3v) is 3.63. The van der Waals surface area contributed by atoms with Gasteiger partial charge in [0.15, 0.2) is 0 Å². The largest absolute Gasteiger partial charge is 0.445 e. The van der Waals surface area contributed by atoms with Gasteiger partial charge in [0.1, 0.15) is 6.61 Å². The van der Waals surface area contributed by atoms with Crippen LogP contribution in [0.3, 0.4) is 0 Å². The molecule has 0 spiro atoms. The van der Waals surface area contributed by atoms with Gasteiger partial charge >= 0.3 is 6.09 Å². The van der Waals surface area contributed by atoms with Crippen molar-refractivity contribution in [1.82, 2.24) is 0 Å². The molecule has 0 unspecified atom stereocenters. The molecule has 1 aliphatic rings. The molecule has 1 atom stereocenters.